The van der Waals surface area contributed by atoms with Gasteiger partial charge in [0.05, 0.1) is 0 Å². The number of nitrogens with one attached hydrogen (secondary N) is 6. The molecule has 0 bridgehead atoms. The number of hydrogen-bond donors (Lipinski definition) is 6. The molecule has 4 heterocycles. The molecule has 0 aliphatic carbocycles. The lowest BCUT2D eigenvalue weighted by molar-refractivity contribution is 0.291. The van der Waals surface area contributed by atoms with Crippen molar-refractivity contribution in [2.75, 3.05) is 0 Å². The molecule has 28 heavy (non-hydrogen) atoms. The van der Waals surface area contributed by atoms with Gasteiger partial charge in [0.15, 0.2) is 11.0 Å². The molecule has 4 rings (SSSR count). The average molecular weight is 390 g/mol. The van der Waals surface area contributed by atoms with E-state index < -0.39 is 46.0 Å². The average Bonchev–Trinajstić information content (AvgIpc) is 3.14. The number of imidazole rings is 2. The van der Waals surface area contributed by atoms with Crippen LogP contribution >= 0.6 is 0 Å². The van der Waals surface area contributed by atoms with Gasteiger partial charge in [-0.25, -0.2) is 28.3 Å². The summed E-state index contributed by atoms with van der Waals surface area (Å²) in [6.07, 6.45) is -1.34. The Morgan fingerprint density at radius 1 is 0.607 bits per heavy atom. The van der Waals surface area contributed by atoms with E-state index >= 15 is 0 Å². The Hall–Kier alpha value is -4.10. The lowest BCUT2D eigenvalue weighted by Crippen LogP contribution is -2.50. The summed E-state index contributed by atoms with van der Waals surface area (Å²) in [7, 11) is 0. The molecular formula is C14H14N8O6. The Morgan fingerprint density at radius 3 is 1.36 bits per heavy atom. The molecule has 0 aliphatic heterocycles. The first-order valence-corrected chi connectivity index (χ1v) is 8.12. The van der Waals surface area contributed by atoms with Crippen molar-refractivity contribution in [2.24, 2.45) is 5.92 Å². The van der Waals surface area contributed by atoms with Crippen LogP contribution in [0.4, 0.5) is 0 Å². The number of aromatic nitrogens is 8. The lowest BCUT2D eigenvalue weighted by Gasteiger charge is -2.23. The number of hydrogen-bond acceptors (Lipinski definition) is 6. The molecule has 0 unspecified atom stereocenters. The summed E-state index contributed by atoms with van der Waals surface area (Å²) in [5.74, 6) is -0.580. The Kier molecular flexibility index (Phi) is 3.53. The topological polar surface area (TPSA) is 207 Å². The third kappa shape index (κ3) is 2.34. The molecule has 0 saturated carbocycles. The Labute approximate surface area is 150 Å². The predicted octanol–water partition coefficient (Wildman–Crippen LogP) is -2.57. The summed E-state index contributed by atoms with van der Waals surface area (Å²) in [6, 6.07) is 0. The van der Waals surface area contributed by atoms with E-state index in [2.05, 4.69) is 29.9 Å². The van der Waals surface area contributed by atoms with Crippen molar-refractivity contribution in [3.8, 4) is 0 Å². The maximum Gasteiger partial charge on any atom is 0.331 e. The van der Waals surface area contributed by atoms with Gasteiger partial charge in [0.2, 0.25) is 0 Å². The van der Waals surface area contributed by atoms with Crippen molar-refractivity contribution < 1.29 is 0 Å². The summed E-state index contributed by atoms with van der Waals surface area (Å²) in [5.41, 5.74) is -5.70. The monoisotopic (exact) mass is 390 g/mol. The zero-order valence-corrected chi connectivity index (χ0v) is 14.5. The highest BCUT2D eigenvalue weighted by atomic mass is 16.2. The number of aromatic amines is 6. The largest absolute Gasteiger partial charge is 0.331 e. The molecule has 0 aromatic carbocycles. The van der Waals surface area contributed by atoms with Crippen molar-refractivity contribution >= 4 is 22.3 Å². The maximum atomic E-state index is 12.8. The molecule has 146 valence electrons. The molecule has 0 spiro atoms. The molecule has 6 N–H and O–H groups in total. The Morgan fingerprint density at radius 2 is 1.00 bits per heavy atom. The third-order valence-corrected chi connectivity index (χ3v) is 4.35. The molecule has 14 nitrogen and oxygen atoms in total. The van der Waals surface area contributed by atoms with Crippen LogP contribution in [0.3, 0.4) is 0 Å². The minimum absolute atomic E-state index is 0.106. The first-order valence-electron chi connectivity index (χ1n) is 8.12. The summed E-state index contributed by atoms with van der Waals surface area (Å²) in [4.78, 5) is 87.4. The highest BCUT2D eigenvalue weighted by Gasteiger charge is 2.27. The quantitative estimate of drug-likeness (QED) is 0.221. The lowest BCUT2D eigenvalue weighted by atomic mass is 10.1. The molecule has 14 heteroatoms. The van der Waals surface area contributed by atoms with Crippen LogP contribution in [0, 0.1) is 5.92 Å². The molecule has 0 aliphatic rings. The van der Waals surface area contributed by atoms with Crippen LogP contribution in [0.15, 0.2) is 28.8 Å². The highest BCUT2D eigenvalue weighted by molar-refractivity contribution is 5.68. The van der Waals surface area contributed by atoms with Gasteiger partial charge in [-0.2, -0.15) is 0 Å². The molecular weight excluding hydrogens is 376 g/mol. The SMILES string of the molecule is CC(C)C(n1c(=O)[nH]c2[nH]c(=O)[nH]c2c1=O)n1c(=O)[nH]c2[nH]c(=O)[nH]c2c1=O. The van der Waals surface area contributed by atoms with Crippen LogP contribution in [-0.2, 0) is 0 Å². The van der Waals surface area contributed by atoms with E-state index in [4.69, 9.17) is 0 Å². The second-order valence-corrected chi connectivity index (χ2v) is 6.53. The van der Waals surface area contributed by atoms with Gasteiger partial charge in [-0.15, -0.1) is 0 Å². The van der Waals surface area contributed by atoms with E-state index in [0.717, 1.165) is 0 Å². The van der Waals surface area contributed by atoms with Crippen molar-refractivity contribution in [3.63, 3.8) is 0 Å². The molecule has 0 atom stereocenters. The highest BCUT2D eigenvalue weighted by Crippen LogP contribution is 2.14. The van der Waals surface area contributed by atoms with Gasteiger partial charge in [-0.05, 0) is 5.92 Å². The Balaban J connectivity index is 2.14. The van der Waals surface area contributed by atoms with Crippen molar-refractivity contribution in [1.82, 2.24) is 39.0 Å². The molecule has 0 fully saturated rings. The molecule has 0 saturated heterocycles. The van der Waals surface area contributed by atoms with Crippen molar-refractivity contribution in [2.45, 2.75) is 20.0 Å². The standard InChI is InChI=1S/C14H14N8O6/c1-3(2)8(21-9(23)4-6(19-13(21)27)17-11(25)15-4)22-10(24)5-7(20-14(22)28)18-12(26)16-5/h3,8H,1-2H3,(H,19,27)(H,20,28)(H2,15,17,25)(H2,16,18,26). The first-order chi connectivity index (χ1) is 13.2. The minimum atomic E-state index is -1.34. The zero-order valence-electron chi connectivity index (χ0n) is 14.5. The molecule has 0 radical (unpaired) electrons. The molecule has 4 aromatic rings. The fourth-order valence-electron chi connectivity index (χ4n) is 3.23. The van der Waals surface area contributed by atoms with Gasteiger partial charge >= 0.3 is 22.8 Å². The van der Waals surface area contributed by atoms with Crippen LogP contribution in [0.25, 0.3) is 22.3 Å². The maximum absolute atomic E-state index is 12.8. The van der Waals surface area contributed by atoms with Gasteiger partial charge in [0.1, 0.15) is 17.5 Å². The minimum Gasteiger partial charge on any atom is -0.300 e. The van der Waals surface area contributed by atoms with E-state index in [0.29, 0.717) is 9.13 Å². The summed E-state index contributed by atoms with van der Waals surface area (Å²) < 4.78 is 1.34. The van der Waals surface area contributed by atoms with E-state index in [9.17, 15) is 28.8 Å². The van der Waals surface area contributed by atoms with E-state index in [-0.39, 0.29) is 22.3 Å². The van der Waals surface area contributed by atoms with Crippen molar-refractivity contribution in [3.05, 3.63) is 62.6 Å². The Bertz CT molecular complexity index is 1460. The van der Waals surface area contributed by atoms with Crippen molar-refractivity contribution in [1.29, 1.82) is 0 Å². The number of fused-ring (bicyclic) bond motifs is 2. The summed E-state index contributed by atoms with van der Waals surface area (Å²) in [6.45, 7) is 3.19. The van der Waals surface area contributed by atoms with Crippen LogP contribution < -0.4 is 33.9 Å². The van der Waals surface area contributed by atoms with Gasteiger partial charge in [-0.3, -0.25) is 39.5 Å². The number of rotatable bonds is 3. The van der Waals surface area contributed by atoms with Gasteiger partial charge in [0, 0.05) is 0 Å². The fourth-order valence-corrected chi connectivity index (χ4v) is 3.23. The normalized spacial score (nSPS) is 12.0. The molecule has 4 aromatic heterocycles. The number of H-pyrrole nitrogens is 6. The summed E-state index contributed by atoms with van der Waals surface area (Å²) >= 11 is 0. The van der Waals surface area contributed by atoms with E-state index in [1.807, 2.05) is 0 Å². The molecule has 0 amide bonds. The van der Waals surface area contributed by atoms with E-state index in [1.54, 1.807) is 13.8 Å². The number of nitrogens with zero attached hydrogens (tertiary/aromatic N) is 2. The second-order valence-electron chi connectivity index (χ2n) is 6.53. The van der Waals surface area contributed by atoms with Gasteiger partial charge in [-0.1, -0.05) is 13.8 Å². The van der Waals surface area contributed by atoms with Crippen LogP contribution in [0.1, 0.15) is 20.0 Å². The third-order valence-electron chi connectivity index (χ3n) is 4.35. The van der Waals surface area contributed by atoms with Crippen LogP contribution in [0.2, 0.25) is 0 Å². The fraction of sp³-hybridized carbons (Fsp3) is 0.286. The zero-order chi connectivity index (χ0) is 20.3. The van der Waals surface area contributed by atoms with Gasteiger partial charge in [0.25, 0.3) is 11.1 Å². The first kappa shape index (κ1) is 17.3. The smallest absolute Gasteiger partial charge is 0.300 e. The second kappa shape index (κ2) is 5.70. The summed E-state index contributed by atoms with van der Waals surface area (Å²) in [5, 5.41) is 0. The predicted molar refractivity (Wildman–Crippen MR) is 96.9 cm³/mol. The van der Waals surface area contributed by atoms with Crippen LogP contribution in [-0.4, -0.2) is 39.0 Å². The van der Waals surface area contributed by atoms with Crippen LogP contribution in [0.5, 0.6) is 0 Å². The van der Waals surface area contributed by atoms with Gasteiger partial charge < -0.3 is 0 Å². The van der Waals surface area contributed by atoms with E-state index in [1.165, 1.54) is 0 Å².